The van der Waals surface area contributed by atoms with Crippen LogP contribution in [0.15, 0.2) is 29.2 Å². The number of rotatable bonds is 7. The maximum atomic E-state index is 5.35. The molecule has 0 bridgehead atoms. The van der Waals surface area contributed by atoms with E-state index in [0.717, 1.165) is 24.1 Å². The molecule has 1 saturated carbocycles. The number of nitrogens with one attached hydrogen (secondary N) is 1. The second-order valence-electron chi connectivity index (χ2n) is 4.79. The molecule has 1 N–H and O–H groups in total. The Morgan fingerprint density at radius 2 is 2.06 bits per heavy atom. The van der Waals surface area contributed by atoms with Gasteiger partial charge >= 0.3 is 0 Å². The van der Waals surface area contributed by atoms with Gasteiger partial charge in [0.25, 0.3) is 0 Å². The second-order valence-corrected chi connectivity index (χ2v) is 5.93. The maximum Gasteiger partial charge on any atom is 0.132 e. The molecule has 0 unspecified atom stereocenters. The molecule has 100 valence electrons. The van der Waals surface area contributed by atoms with Crippen molar-refractivity contribution < 1.29 is 4.74 Å². The molecule has 3 heteroatoms. The van der Waals surface area contributed by atoms with E-state index in [4.69, 9.17) is 4.74 Å². The van der Waals surface area contributed by atoms with Crippen molar-refractivity contribution >= 4 is 11.8 Å². The molecular formula is C15H23NOS. The van der Waals surface area contributed by atoms with Crippen LogP contribution in [0.4, 0.5) is 0 Å². The zero-order valence-corrected chi connectivity index (χ0v) is 12.0. The molecule has 1 aromatic carbocycles. The van der Waals surface area contributed by atoms with Crippen LogP contribution in [0.2, 0.25) is 0 Å². The molecule has 0 aromatic heterocycles. The van der Waals surface area contributed by atoms with Gasteiger partial charge in [0, 0.05) is 10.9 Å². The fourth-order valence-electron chi connectivity index (χ4n) is 2.43. The van der Waals surface area contributed by atoms with Crippen molar-refractivity contribution in [1.29, 1.82) is 0 Å². The molecule has 1 aliphatic rings. The number of hydrogen-bond donors (Lipinski definition) is 1. The van der Waals surface area contributed by atoms with Gasteiger partial charge < -0.3 is 10.1 Å². The Hall–Kier alpha value is -0.670. The van der Waals surface area contributed by atoms with E-state index in [-0.39, 0.29) is 0 Å². The minimum Gasteiger partial charge on any atom is -0.496 e. The molecule has 0 radical (unpaired) electrons. The number of methoxy groups -OCH3 is 1. The highest BCUT2D eigenvalue weighted by molar-refractivity contribution is 7.99. The van der Waals surface area contributed by atoms with Gasteiger partial charge in [-0.1, -0.05) is 25.0 Å². The lowest BCUT2D eigenvalue weighted by Crippen LogP contribution is -2.27. The number of thioether (sulfide) groups is 1. The summed E-state index contributed by atoms with van der Waals surface area (Å²) < 4.78 is 5.35. The lowest BCUT2D eigenvalue weighted by atomic mass is 10.2. The van der Waals surface area contributed by atoms with Crippen molar-refractivity contribution in [3.8, 4) is 5.75 Å². The van der Waals surface area contributed by atoms with Gasteiger partial charge in [-0.05, 0) is 43.7 Å². The molecule has 2 nitrogen and oxygen atoms in total. The summed E-state index contributed by atoms with van der Waals surface area (Å²) in [6.07, 6.45) is 6.79. The van der Waals surface area contributed by atoms with Gasteiger partial charge in [-0.2, -0.15) is 0 Å². The SMILES string of the molecule is COc1ccccc1SCCCNC1CCCC1. The lowest BCUT2D eigenvalue weighted by Gasteiger charge is -2.11. The van der Waals surface area contributed by atoms with Crippen LogP contribution in [-0.2, 0) is 0 Å². The summed E-state index contributed by atoms with van der Waals surface area (Å²) >= 11 is 1.89. The molecule has 0 saturated heterocycles. The van der Waals surface area contributed by atoms with E-state index < -0.39 is 0 Å². The predicted octanol–water partition coefficient (Wildman–Crippen LogP) is 3.71. The molecule has 0 amide bonds. The summed E-state index contributed by atoms with van der Waals surface area (Å²) in [6, 6.07) is 9.04. The lowest BCUT2D eigenvalue weighted by molar-refractivity contribution is 0.405. The first-order valence-electron chi connectivity index (χ1n) is 6.89. The first-order valence-corrected chi connectivity index (χ1v) is 7.88. The fraction of sp³-hybridized carbons (Fsp3) is 0.600. The van der Waals surface area contributed by atoms with Crippen LogP contribution in [0.1, 0.15) is 32.1 Å². The number of para-hydroxylation sites is 1. The van der Waals surface area contributed by atoms with Crippen molar-refractivity contribution in [3.63, 3.8) is 0 Å². The minimum atomic E-state index is 0.793. The highest BCUT2D eigenvalue weighted by Gasteiger charge is 2.13. The van der Waals surface area contributed by atoms with Crippen molar-refractivity contribution in [2.24, 2.45) is 0 Å². The smallest absolute Gasteiger partial charge is 0.132 e. The van der Waals surface area contributed by atoms with E-state index in [0.29, 0.717) is 0 Å². The highest BCUT2D eigenvalue weighted by Crippen LogP contribution is 2.28. The average Bonchev–Trinajstić information content (AvgIpc) is 2.92. The zero-order chi connectivity index (χ0) is 12.6. The third kappa shape index (κ3) is 4.21. The summed E-state index contributed by atoms with van der Waals surface area (Å²) in [4.78, 5) is 1.25. The summed E-state index contributed by atoms with van der Waals surface area (Å²) in [5, 5.41) is 3.65. The first-order chi connectivity index (χ1) is 8.90. The van der Waals surface area contributed by atoms with E-state index in [1.165, 1.54) is 37.0 Å². The second kappa shape index (κ2) is 7.70. The van der Waals surface area contributed by atoms with Gasteiger partial charge in [0.2, 0.25) is 0 Å². The minimum absolute atomic E-state index is 0.793. The van der Waals surface area contributed by atoms with Crippen LogP contribution in [0.3, 0.4) is 0 Å². The van der Waals surface area contributed by atoms with Crippen LogP contribution in [0.25, 0.3) is 0 Å². The molecule has 1 aromatic rings. The standard InChI is InChI=1S/C15H23NOS/c1-17-14-9-4-5-10-15(14)18-12-6-11-16-13-7-2-3-8-13/h4-5,9-10,13,16H,2-3,6-8,11-12H2,1H3. The Bertz CT molecular complexity index is 350. The van der Waals surface area contributed by atoms with Crippen LogP contribution in [0, 0.1) is 0 Å². The Balaban J connectivity index is 1.62. The van der Waals surface area contributed by atoms with Gasteiger partial charge in [-0.25, -0.2) is 0 Å². The van der Waals surface area contributed by atoms with Crippen molar-refractivity contribution in [2.45, 2.75) is 43.0 Å². The van der Waals surface area contributed by atoms with E-state index in [9.17, 15) is 0 Å². The molecule has 0 spiro atoms. The quantitative estimate of drug-likeness (QED) is 0.600. The van der Waals surface area contributed by atoms with E-state index in [1.54, 1.807) is 7.11 Å². The molecule has 2 rings (SSSR count). The third-order valence-corrected chi connectivity index (χ3v) is 4.58. The van der Waals surface area contributed by atoms with E-state index >= 15 is 0 Å². The number of ether oxygens (including phenoxy) is 1. The van der Waals surface area contributed by atoms with Crippen LogP contribution >= 0.6 is 11.8 Å². The predicted molar refractivity (Wildman–Crippen MR) is 78.6 cm³/mol. The molecule has 0 heterocycles. The zero-order valence-electron chi connectivity index (χ0n) is 11.2. The van der Waals surface area contributed by atoms with Crippen molar-refractivity contribution in [2.75, 3.05) is 19.4 Å². The summed E-state index contributed by atoms with van der Waals surface area (Å²) in [5.41, 5.74) is 0. The molecule has 1 aliphatic carbocycles. The van der Waals surface area contributed by atoms with E-state index in [1.807, 2.05) is 23.9 Å². The first kappa shape index (κ1) is 13.8. The fourth-order valence-corrected chi connectivity index (χ4v) is 3.41. The topological polar surface area (TPSA) is 21.3 Å². The molecular weight excluding hydrogens is 242 g/mol. The normalized spacial score (nSPS) is 16.1. The molecule has 0 atom stereocenters. The Labute approximate surface area is 114 Å². The monoisotopic (exact) mass is 265 g/mol. The Morgan fingerprint density at radius 3 is 2.83 bits per heavy atom. The molecule has 0 aliphatic heterocycles. The van der Waals surface area contributed by atoms with Gasteiger partial charge in [0.05, 0.1) is 7.11 Å². The van der Waals surface area contributed by atoms with Crippen LogP contribution in [0.5, 0.6) is 5.75 Å². The summed E-state index contributed by atoms with van der Waals surface area (Å²) in [7, 11) is 1.74. The molecule has 1 fully saturated rings. The average molecular weight is 265 g/mol. The maximum absolute atomic E-state index is 5.35. The Kier molecular flexibility index (Phi) is 5.88. The highest BCUT2D eigenvalue weighted by atomic mass is 32.2. The van der Waals surface area contributed by atoms with Gasteiger partial charge in [0.15, 0.2) is 0 Å². The largest absolute Gasteiger partial charge is 0.496 e. The van der Waals surface area contributed by atoms with Crippen molar-refractivity contribution in [3.05, 3.63) is 24.3 Å². The summed E-state index contributed by atoms with van der Waals surface area (Å²) in [5.74, 6) is 2.14. The van der Waals surface area contributed by atoms with Crippen LogP contribution in [-0.4, -0.2) is 25.4 Å². The van der Waals surface area contributed by atoms with Crippen molar-refractivity contribution in [1.82, 2.24) is 5.32 Å². The van der Waals surface area contributed by atoms with Gasteiger partial charge in [0.1, 0.15) is 5.75 Å². The summed E-state index contributed by atoms with van der Waals surface area (Å²) in [6.45, 7) is 1.15. The third-order valence-electron chi connectivity index (χ3n) is 3.44. The molecule has 18 heavy (non-hydrogen) atoms. The van der Waals surface area contributed by atoms with Gasteiger partial charge in [-0.3, -0.25) is 0 Å². The number of benzene rings is 1. The van der Waals surface area contributed by atoms with Gasteiger partial charge in [-0.15, -0.1) is 11.8 Å². The number of hydrogen-bond acceptors (Lipinski definition) is 3. The Morgan fingerprint density at radius 1 is 1.28 bits per heavy atom. The van der Waals surface area contributed by atoms with Crippen LogP contribution < -0.4 is 10.1 Å². The van der Waals surface area contributed by atoms with E-state index in [2.05, 4.69) is 17.4 Å².